The summed E-state index contributed by atoms with van der Waals surface area (Å²) in [5, 5.41) is 9.78. The first-order valence-electron chi connectivity index (χ1n) is 11.6. The number of amides is 1. The molecule has 37 heavy (non-hydrogen) atoms. The SMILES string of the molecule is COc1ccc(S(=O)(=O)N(C)C[C@H]2Oc3ccc(NS(C)(=O)=O)cc3C(=O)N([C@@H](C)CO)C[C@@H]2C)cc1. The number of likely N-dealkylation sites (N-methyl/N-ethyl adjacent to an activating group) is 1. The molecule has 0 aliphatic carbocycles. The van der Waals surface area contributed by atoms with Gasteiger partial charge in [-0.05, 0) is 49.4 Å². The zero-order valence-electron chi connectivity index (χ0n) is 21.4. The first-order chi connectivity index (χ1) is 17.3. The summed E-state index contributed by atoms with van der Waals surface area (Å²) in [6, 6.07) is 9.83. The van der Waals surface area contributed by atoms with Gasteiger partial charge in [-0.3, -0.25) is 9.52 Å². The molecule has 0 spiro atoms. The second-order valence-corrected chi connectivity index (χ2v) is 13.0. The first-order valence-corrected chi connectivity index (χ1v) is 14.9. The molecule has 3 rings (SSSR count). The second-order valence-electron chi connectivity index (χ2n) is 9.17. The van der Waals surface area contributed by atoms with Gasteiger partial charge in [0.2, 0.25) is 20.0 Å². The summed E-state index contributed by atoms with van der Waals surface area (Å²) in [7, 11) is -4.50. The van der Waals surface area contributed by atoms with Crippen LogP contribution in [0.25, 0.3) is 0 Å². The number of anilines is 1. The van der Waals surface area contributed by atoms with Gasteiger partial charge in [0.15, 0.2) is 0 Å². The highest BCUT2D eigenvalue weighted by atomic mass is 32.2. The summed E-state index contributed by atoms with van der Waals surface area (Å²) in [6.45, 7) is 3.42. The molecule has 3 atom stereocenters. The number of benzene rings is 2. The van der Waals surface area contributed by atoms with Crippen molar-refractivity contribution in [3.05, 3.63) is 48.0 Å². The molecule has 0 radical (unpaired) electrons. The van der Waals surface area contributed by atoms with Gasteiger partial charge in [0.25, 0.3) is 5.91 Å². The average molecular weight is 556 g/mol. The third kappa shape index (κ3) is 6.72. The largest absolute Gasteiger partial charge is 0.497 e. The quantitative estimate of drug-likeness (QED) is 0.475. The molecule has 0 unspecified atom stereocenters. The average Bonchev–Trinajstić information content (AvgIpc) is 2.85. The molecule has 204 valence electrons. The third-order valence-electron chi connectivity index (χ3n) is 6.17. The highest BCUT2D eigenvalue weighted by Gasteiger charge is 2.35. The summed E-state index contributed by atoms with van der Waals surface area (Å²) in [5.41, 5.74) is 0.283. The lowest BCUT2D eigenvalue weighted by Crippen LogP contribution is -2.50. The van der Waals surface area contributed by atoms with Crippen molar-refractivity contribution in [1.29, 1.82) is 0 Å². The number of carbonyl (C=O) groups is 1. The summed E-state index contributed by atoms with van der Waals surface area (Å²) < 4.78 is 64.7. The van der Waals surface area contributed by atoms with Crippen LogP contribution in [0.3, 0.4) is 0 Å². The van der Waals surface area contributed by atoms with Crippen LogP contribution in [0, 0.1) is 5.92 Å². The lowest BCUT2D eigenvalue weighted by Gasteiger charge is -2.38. The first kappa shape index (κ1) is 28.7. The molecule has 11 nitrogen and oxygen atoms in total. The standard InChI is InChI=1S/C24H33N3O8S2/c1-16-13-27(17(2)15-28)24(29)21-12-18(25-36(5,30)31)6-11-22(21)35-23(16)14-26(3)37(32,33)20-9-7-19(34-4)8-10-20/h6-12,16-17,23,25,28H,13-15H2,1-5H3/t16-,17-,23+/m0/s1. The molecule has 1 amide bonds. The van der Waals surface area contributed by atoms with E-state index >= 15 is 0 Å². The maximum Gasteiger partial charge on any atom is 0.258 e. The van der Waals surface area contributed by atoms with Gasteiger partial charge < -0.3 is 19.5 Å². The number of methoxy groups -OCH3 is 1. The van der Waals surface area contributed by atoms with Gasteiger partial charge in [-0.15, -0.1) is 0 Å². The number of carbonyl (C=O) groups excluding carboxylic acids is 1. The van der Waals surface area contributed by atoms with Crippen LogP contribution >= 0.6 is 0 Å². The van der Waals surface area contributed by atoms with E-state index in [4.69, 9.17) is 9.47 Å². The number of rotatable bonds is 9. The van der Waals surface area contributed by atoms with Gasteiger partial charge in [-0.25, -0.2) is 16.8 Å². The Bertz CT molecular complexity index is 1330. The summed E-state index contributed by atoms with van der Waals surface area (Å²) in [5.74, 6) is -0.0275. The minimum Gasteiger partial charge on any atom is -0.497 e. The molecule has 1 heterocycles. The Kier molecular flexibility index (Phi) is 8.73. The van der Waals surface area contributed by atoms with Crippen LogP contribution in [0.2, 0.25) is 0 Å². The van der Waals surface area contributed by atoms with E-state index in [1.807, 2.05) is 6.92 Å². The van der Waals surface area contributed by atoms with Crippen molar-refractivity contribution in [2.75, 3.05) is 44.8 Å². The lowest BCUT2D eigenvalue weighted by atomic mass is 9.99. The van der Waals surface area contributed by atoms with Crippen molar-refractivity contribution < 1.29 is 36.2 Å². The van der Waals surface area contributed by atoms with E-state index in [1.54, 1.807) is 19.1 Å². The highest BCUT2D eigenvalue weighted by Crippen LogP contribution is 2.31. The summed E-state index contributed by atoms with van der Waals surface area (Å²) in [4.78, 5) is 15.0. The molecule has 1 aliphatic rings. The number of nitrogens with one attached hydrogen (secondary N) is 1. The minimum absolute atomic E-state index is 0.0200. The second kappa shape index (κ2) is 11.3. The fourth-order valence-corrected chi connectivity index (χ4v) is 5.74. The van der Waals surface area contributed by atoms with Crippen molar-refractivity contribution in [1.82, 2.24) is 9.21 Å². The van der Waals surface area contributed by atoms with Crippen molar-refractivity contribution in [2.24, 2.45) is 5.92 Å². The normalized spacial score (nSPS) is 19.4. The van der Waals surface area contributed by atoms with Gasteiger partial charge in [0.05, 0.1) is 43.0 Å². The van der Waals surface area contributed by atoms with Crippen molar-refractivity contribution in [3.8, 4) is 11.5 Å². The Balaban J connectivity index is 1.97. The van der Waals surface area contributed by atoms with Gasteiger partial charge in [-0.2, -0.15) is 4.31 Å². The predicted octanol–water partition coefficient (Wildman–Crippen LogP) is 1.61. The van der Waals surface area contributed by atoms with E-state index in [9.17, 15) is 26.7 Å². The van der Waals surface area contributed by atoms with Crippen molar-refractivity contribution >= 4 is 31.6 Å². The number of sulfonamides is 2. The van der Waals surface area contributed by atoms with Crippen molar-refractivity contribution in [2.45, 2.75) is 30.9 Å². The van der Waals surface area contributed by atoms with E-state index in [1.165, 1.54) is 53.7 Å². The maximum absolute atomic E-state index is 13.4. The Hall–Kier alpha value is -2.87. The van der Waals surface area contributed by atoms with Crippen LogP contribution in [0.1, 0.15) is 24.2 Å². The third-order valence-corrected chi connectivity index (χ3v) is 8.62. The van der Waals surface area contributed by atoms with E-state index < -0.39 is 38.1 Å². The number of ether oxygens (including phenoxy) is 2. The van der Waals surface area contributed by atoms with E-state index in [0.29, 0.717) is 5.75 Å². The molecule has 0 saturated heterocycles. The van der Waals surface area contributed by atoms with Crippen molar-refractivity contribution in [3.63, 3.8) is 0 Å². The summed E-state index contributed by atoms with van der Waals surface area (Å²) >= 11 is 0. The number of hydrogen-bond donors (Lipinski definition) is 2. The molecule has 0 aromatic heterocycles. The number of nitrogens with zero attached hydrogens (tertiary/aromatic N) is 2. The molecule has 1 aliphatic heterocycles. The van der Waals surface area contributed by atoms with Gasteiger partial charge in [-0.1, -0.05) is 6.92 Å². The van der Waals surface area contributed by atoms with E-state index in [-0.39, 0.29) is 47.5 Å². The topological polar surface area (TPSA) is 143 Å². The lowest BCUT2D eigenvalue weighted by molar-refractivity contribution is 0.0387. The molecule has 2 N–H and O–H groups in total. The van der Waals surface area contributed by atoms with Crippen LogP contribution in [0.15, 0.2) is 47.4 Å². The number of aliphatic hydroxyl groups is 1. The fourth-order valence-electron chi connectivity index (χ4n) is 4.00. The van der Waals surface area contributed by atoms with Gasteiger partial charge in [0, 0.05) is 25.2 Å². The van der Waals surface area contributed by atoms with Gasteiger partial charge >= 0.3 is 0 Å². The zero-order valence-corrected chi connectivity index (χ0v) is 23.0. The minimum atomic E-state index is -3.86. The Morgan fingerprint density at radius 3 is 2.41 bits per heavy atom. The number of hydrogen-bond acceptors (Lipinski definition) is 8. The molecule has 2 aromatic rings. The predicted molar refractivity (Wildman–Crippen MR) is 139 cm³/mol. The Labute approximate surface area is 218 Å². The number of fused-ring (bicyclic) bond motifs is 1. The summed E-state index contributed by atoms with van der Waals surface area (Å²) in [6.07, 6.45) is 0.339. The highest BCUT2D eigenvalue weighted by molar-refractivity contribution is 7.92. The molecule has 13 heteroatoms. The molecule has 0 fully saturated rings. The smallest absolute Gasteiger partial charge is 0.258 e. The molecule has 0 saturated carbocycles. The molecular formula is C24H33N3O8S2. The van der Waals surface area contributed by atoms with Crippen LogP contribution in [0.4, 0.5) is 5.69 Å². The molecule has 0 bridgehead atoms. The van der Waals surface area contributed by atoms with Crippen LogP contribution in [0.5, 0.6) is 11.5 Å². The molecular weight excluding hydrogens is 522 g/mol. The van der Waals surface area contributed by atoms with E-state index in [2.05, 4.69) is 4.72 Å². The number of aliphatic hydroxyl groups excluding tert-OH is 1. The molecule has 2 aromatic carbocycles. The van der Waals surface area contributed by atoms with Crippen LogP contribution in [-0.2, 0) is 20.0 Å². The maximum atomic E-state index is 13.4. The Morgan fingerprint density at radius 2 is 1.84 bits per heavy atom. The van der Waals surface area contributed by atoms with E-state index in [0.717, 1.165) is 6.26 Å². The Morgan fingerprint density at radius 1 is 1.19 bits per heavy atom. The van der Waals surface area contributed by atoms with Gasteiger partial charge in [0.1, 0.15) is 17.6 Å². The van der Waals surface area contributed by atoms with Crippen LogP contribution < -0.4 is 14.2 Å². The fraction of sp³-hybridized carbons (Fsp3) is 0.458. The van der Waals surface area contributed by atoms with Crippen LogP contribution in [-0.4, -0.2) is 89.3 Å². The zero-order chi connectivity index (χ0) is 27.5. The monoisotopic (exact) mass is 555 g/mol.